The van der Waals surface area contributed by atoms with Crippen molar-refractivity contribution in [1.82, 2.24) is 4.98 Å². The van der Waals surface area contributed by atoms with E-state index in [0.29, 0.717) is 5.82 Å². The van der Waals surface area contributed by atoms with Gasteiger partial charge in [0.15, 0.2) is 0 Å². The van der Waals surface area contributed by atoms with Crippen molar-refractivity contribution in [1.29, 1.82) is 0 Å². The van der Waals surface area contributed by atoms with Crippen LogP contribution in [0, 0.1) is 0 Å². The molecule has 0 unspecified atom stereocenters. The van der Waals surface area contributed by atoms with Crippen molar-refractivity contribution < 1.29 is 20.1 Å². The standard InChI is InChI=1S/C11H16N2O4/c14-5-8-11(16)10(15)7(6-17-8)13-9-3-1-2-4-12-9/h1-4,7-8,10-11,14-16H,5-6H2,(H,12,13)/t7-,8+,10+,11-/m0/s1. The highest BCUT2D eigenvalue weighted by Gasteiger charge is 2.38. The number of aromatic nitrogens is 1. The maximum Gasteiger partial charge on any atom is 0.126 e. The molecule has 0 aromatic carbocycles. The topological polar surface area (TPSA) is 94.8 Å². The van der Waals surface area contributed by atoms with E-state index in [1.165, 1.54) is 0 Å². The molecular weight excluding hydrogens is 224 g/mol. The average Bonchev–Trinajstić information content (AvgIpc) is 2.37. The number of ether oxygens (including phenoxy) is 1. The Morgan fingerprint density at radius 3 is 2.82 bits per heavy atom. The normalized spacial score (nSPS) is 33.4. The van der Waals surface area contributed by atoms with Gasteiger partial charge in [-0.1, -0.05) is 6.07 Å². The molecule has 0 amide bonds. The van der Waals surface area contributed by atoms with E-state index in [1.54, 1.807) is 18.3 Å². The summed E-state index contributed by atoms with van der Waals surface area (Å²) < 4.78 is 5.24. The van der Waals surface area contributed by atoms with Gasteiger partial charge in [-0.05, 0) is 12.1 Å². The van der Waals surface area contributed by atoms with Crippen LogP contribution in [0.1, 0.15) is 0 Å². The average molecular weight is 240 g/mol. The van der Waals surface area contributed by atoms with Crippen LogP contribution in [0.2, 0.25) is 0 Å². The predicted octanol–water partition coefficient (Wildman–Crippen LogP) is -1.03. The number of aliphatic hydroxyl groups is 3. The maximum atomic E-state index is 9.87. The third-order valence-corrected chi connectivity index (χ3v) is 2.81. The molecule has 6 nitrogen and oxygen atoms in total. The van der Waals surface area contributed by atoms with E-state index in [2.05, 4.69) is 10.3 Å². The number of rotatable bonds is 3. The Hall–Kier alpha value is -1.21. The number of nitrogens with zero attached hydrogens (tertiary/aromatic N) is 1. The molecule has 1 aromatic heterocycles. The molecule has 0 spiro atoms. The van der Waals surface area contributed by atoms with Gasteiger partial charge in [-0.3, -0.25) is 0 Å². The van der Waals surface area contributed by atoms with Crippen LogP contribution >= 0.6 is 0 Å². The van der Waals surface area contributed by atoms with Gasteiger partial charge in [-0.2, -0.15) is 0 Å². The fourth-order valence-electron chi connectivity index (χ4n) is 1.81. The summed E-state index contributed by atoms with van der Waals surface area (Å²) >= 11 is 0. The van der Waals surface area contributed by atoms with Gasteiger partial charge in [0.2, 0.25) is 0 Å². The highest BCUT2D eigenvalue weighted by molar-refractivity contribution is 5.35. The van der Waals surface area contributed by atoms with Gasteiger partial charge in [0.25, 0.3) is 0 Å². The molecular formula is C11H16N2O4. The van der Waals surface area contributed by atoms with Crippen LogP contribution < -0.4 is 5.32 Å². The Balaban J connectivity index is 1.99. The second kappa shape index (κ2) is 5.42. The van der Waals surface area contributed by atoms with Crippen LogP contribution in [0.25, 0.3) is 0 Å². The van der Waals surface area contributed by atoms with Crippen molar-refractivity contribution >= 4 is 5.82 Å². The third kappa shape index (κ3) is 2.73. The molecule has 6 heteroatoms. The lowest BCUT2D eigenvalue weighted by Gasteiger charge is -2.37. The van der Waals surface area contributed by atoms with Crippen molar-refractivity contribution in [3.8, 4) is 0 Å². The Bertz CT molecular complexity index is 349. The Morgan fingerprint density at radius 1 is 1.35 bits per heavy atom. The SMILES string of the molecule is OC[C@H]1OC[C@H](Nc2ccccn2)[C@@H](O)[C@H]1O. The van der Waals surface area contributed by atoms with E-state index >= 15 is 0 Å². The van der Waals surface area contributed by atoms with E-state index in [1.807, 2.05) is 6.07 Å². The van der Waals surface area contributed by atoms with E-state index < -0.39 is 24.4 Å². The van der Waals surface area contributed by atoms with Crippen LogP contribution in [0.15, 0.2) is 24.4 Å². The summed E-state index contributed by atoms with van der Waals surface area (Å²) in [6.45, 7) is -0.103. The van der Waals surface area contributed by atoms with E-state index in [4.69, 9.17) is 9.84 Å². The molecule has 94 valence electrons. The molecule has 1 aliphatic heterocycles. The van der Waals surface area contributed by atoms with Gasteiger partial charge in [0, 0.05) is 6.20 Å². The summed E-state index contributed by atoms with van der Waals surface area (Å²) in [5, 5.41) is 31.5. The summed E-state index contributed by atoms with van der Waals surface area (Å²) in [6, 6.07) is 4.92. The molecule has 1 aliphatic rings. The number of hydrogen-bond donors (Lipinski definition) is 4. The van der Waals surface area contributed by atoms with Gasteiger partial charge < -0.3 is 25.4 Å². The molecule has 0 saturated carbocycles. The predicted molar refractivity (Wildman–Crippen MR) is 60.5 cm³/mol. The highest BCUT2D eigenvalue weighted by Crippen LogP contribution is 2.18. The Labute approximate surface area is 98.9 Å². The molecule has 0 aliphatic carbocycles. The third-order valence-electron chi connectivity index (χ3n) is 2.81. The minimum Gasteiger partial charge on any atom is -0.394 e. The summed E-state index contributed by atoms with van der Waals surface area (Å²) in [6.07, 6.45) is -1.20. The second-order valence-corrected chi connectivity index (χ2v) is 4.00. The zero-order valence-electron chi connectivity index (χ0n) is 9.23. The highest BCUT2D eigenvalue weighted by atomic mass is 16.5. The first-order chi connectivity index (χ1) is 8.22. The molecule has 1 saturated heterocycles. The molecule has 2 rings (SSSR count). The van der Waals surface area contributed by atoms with Crippen molar-refractivity contribution in [3.05, 3.63) is 24.4 Å². The van der Waals surface area contributed by atoms with Crippen LogP contribution in [0.4, 0.5) is 5.82 Å². The fraction of sp³-hybridized carbons (Fsp3) is 0.545. The van der Waals surface area contributed by atoms with Gasteiger partial charge in [-0.25, -0.2) is 4.98 Å². The summed E-state index contributed by atoms with van der Waals surface area (Å²) in [4.78, 5) is 4.06. The van der Waals surface area contributed by atoms with E-state index in [0.717, 1.165) is 0 Å². The number of hydrogen-bond acceptors (Lipinski definition) is 6. The number of anilines is 1. The van der Waals surface area contributed by atoms with Gasteiger partial charge in [0.05, 0.1) is 19.3 Å². The molecule has 4 atom stereocenters. The zero-order valence-corrected chi connectivity index (χ0v) is 9.23. The van der Waals surface area contributed by atoms with Gasteiger partial charge in [0.1, 0.15) is 24.1 Å². The van der Waals surface area contributed by atoms with Crippen LogP contribution in [0.5, 0.6) is 0 Å². The molecule has 1 aromatic rings. The number of nitrogens with one attached hydrogen (secondary N) is 1. The minimum atomic E-state index is -1.10. The van der Waals surface area contributed by atoms with Crippen molar-refractivity contribution in [2.24, 2.45) is 0 Å². The molecule has 17 heavy (non-hydrogen) atoms. The first-order valence-electron chi connectivity index (χ1n) is 5.48. The van der Waals surface area contributed by atoms with Crippen LogP contribution in [0.3, 0.4) is 0 Å². The second-order valence-electron chi connectivity index (χ2n) is 4.00. The number of pyridine rings is 1. The summed E-state index contributed by atoms with van der Waals surface area (Å²) in [5.74, 6) is 0.606. The molecule has 0 radical (unpaired) electrons. The van der Waals surface area contributed by atoms with Crippen LogP contribution in [-0.2, 0) is 4.74 Å². The van der Waals surface area contributed by atoms with Crippen molar-refractivity contribution in [2.75, 3.05) is 18.5 Å². The Kier molecular flexibility index (Phi) is 3.90. The molecule has 0 bridgehead atoms. The van der Waals surface area contributed by atoms with E-state index in [-0.39, 0.29) is 13.2 Å². The molecule has 4 N–H and O–H groups in total. The monoisotopic (exact) mass is 240 g/mol. The van der Waals surface area contributed by atoms with Crippen molar-refractivity contribution in [2.45, 2.75) is 24.4 Å². The minimum absolute atomic E-state index is 0.208. The van der Waals surface area contributed by atoms with E-state index in [9.17, 15) is 10.2 Å². The smallest absolute Gasteiger partial charge is 0.126 e. The lowest BCUT2D eigenvalue weighted by atomic mass is 9.98. The first kappa shape index (κ1) is 12.3. The van der Waals surface area contributed by atoms with Crippen molar-refractivity contribution in [3.63, 3.8) is 0 Å². The number of aliphatic hydroxyl groups excluding tert-OH is 3. The summed E-state index contributed by atoms with van der Waals surface area (Å²) in [5.41, 5.74) is 0. The van der Waals surface area contributed by atoms with Gasteiger partial charge >= 0.3 is 0 Å². The lowest BCUT2D eigenvalue weighted by Crippen LogP contribution is -2.56. The largest absolute Gasteiger partial charge is 0.394 e. The fourth-order valence-corrected chi connectivity index (χ4v) is 1.81. The quantitative estimate of drug-likeness (QED) is 0.540. The molecule has 2 heterocycles. The van der Waals surface area contributed by atoms with Gasteiger partial charge in [-0.15, -0.1) is 0 Å². The maximum absolute atomic E-state index is 9.87. The summed E-state index contributed by atoms with van der Waals surface area (Å²) in [7, 11) is 0. The molecule has 1 fully saturated rings. The zero-order chi connectivity index (χ0) is 12.3. The Morgan fingerprint density at radius 2 is 2.18 bits per heavy atom. The lowest BCUT2D eigenvalue weighted by molar-refractivity contribution is -0.152. The van der Waals surface area contributed by atoms with Crippen LogP contribution in [-0.4, -0.2) is 57.9 Å². The first-order valence-corrected chi connectivity index (χ1v) is 5.48.